The van der Waals surface area contributed by atoms with Gasteiger partial charge in [-0.15, -0.1) is 0 Å². The summed E-state index contributed by atoms with van der Waals surface area (Å²) in [5, 5.41) is 0. The van der Waals surface area contributed by atoms with Gasteiger partial charge in [0.25, 0.3) is 0 Å². The van der Waals surface area contributed by atoms with E-state index in [-0.39, 0.29) is 22.7 Å². The SMILES string of the molecule is Cc1ccc(N(c2ccc(-c3ccccc3)cc2)c2ccc3c(c2)C(C)(C)c2ccccc2-3)c(-c2cccc3c2C2C=CC=CC2C32c3ccccc3-c3ccccc32)c1. The van der Waals surface area contributed by atoms with Crippen LogP contribution in [0.1, 0.15) is 58.7 Å². The molecule has 8 aromatic carbocycles. The van der Waals surface area contributed by atoms with Crippen LogP contribution in [0.25, 0.3) is 44.5 Å². The number of nitrogens with zero attached hydrogens (tertiary/aromatic N) is 1. The van der Waals surface area contributed by atoms with Gasteiger partial charge in [-0.2, -0.15) is 0 Å². The molecule has 0 bridgehead atoms. The van der Waals surface area contributed by atoms with Crippen LogP contribution in [0.3, 0.4) is 0 Å². The monoisotopic (exact) mass is 767 g/mol. The van der Waals surface area contributed by atoms with Crippen LogP contribution in [0, 0.1) is 12.8 Å². The lowest BCUT2D eigenvalue weighted by atomic mass is 9.65. The highest BCUT2D eigenvalue weighted by Gasteiger charge is 2.57. The molecule has 0 heterocycles. The summed E-state index contributed by atoms with van der Waals surface area (Å²) >= 11 is 0. The predicted molar refractivity (Wildman–Crippen MR) is 251 cm³/mol. The third-order valence-electron chi connectivity index (χ3n) is 14.2. The van der Waals surface area contributed by atoms with Crippen LogP contribution in [-0.2, 0) is 10.8 Å². The van der Waals surface area contributed by atoms with Crippen molar-refractivity contribution >= 4 is 17.1 Å². The Bertz CT molecular complexity index is 3040. The van der Waals surface area contributed by atoms with Crippen LogP contribution >= 0.6 is 0 Å². The highest BCUT2D eigenvalue weighted by Crippen LogP contribution is 2.66. The van der Waals surface area contributed by atoms with E-state index in [0.29, 0.717) is 0 Å². The Morgan fingerprint density at radius 2 is 0.983 bits per heavy atom. The highest BCUT2D eigenvalue weighted by molar-refractivity contribution is 5.94. The lowest BCUT2D eigenvalue weighted by Gasteiger charge is -2.36. The van der Waals surface area contributed by atoms with Crippen molar-refractivity contribution in [2.24, 2.45) is 5.92 Å². The summed E-state index contributed by atoms with van der Waals surface area (Å²) in [4.78, 5) is 2.52. The van der Waals surface area contributed by atoms with Gasteiger partial charge in [0.1, 0.15) is 0 Å². The van der Waals surface area contributed by atoms with Crippen molar-refractivity contribution in [3.05, 3.63) is 245 Å². The van der Waals surface area contributed by atoms with E-state index in [1.807, 2.05) is 0 Å². The van der Waals surface area contributed by atoms with E-state index in [1.54, 1.807) is 0 Å². The van der Waals surface area contributed by atoms with Crippen LogP contribution in [0.4, 0.5) is 17.1 Å². The first kappa shape index (κ1) is 35.0. The molecular formula is C59H45N. The zero-order valence-electron chi connectivity index (χ0n) is 34.2. The number of benzene rings is 8. The summed E-state index contributed by atoms with van der Waals surface area (Å²) in [7, 11) is 0. The van der Waals surface area contributed by atoms with Gasteiger partial charge in [0.05, 0.1) is 11.1 Å². The largest absolute Gasteiger partial charge is 0.310 e. The van der Waals surface area contributed by atoms with Gasteiger partial charge >= 0.3 is 0 Å². The molecule has 1 spiro atoms. The first-order chi connectivity index (χ1) is 29.4. The average Bonchev–Trinajstić information content (AvgIpc) is 3.86. The number of fused-ring (bicyclic) bond motifs is 13. The van der Waals surface area contributed by atoms with Crippen LogP contribution in [0.2, 0.25) is 0 Å². The lowest BCUT2D eigenvalue weighted by Crippen LogP contribution is -2.32. The minimum absolute atomic E-state index is 0.126. The van der Waals surface area contributed by atoms with Crippen molar-refractivity contribution < 1.29 is 0 Å². The molecule has 286 valence electrons. The Morgan fingerprint density at radius 1 is 0.417 bits per heavy atom. The Labute approximate surface area is 353 Å². The first-order valence-corrected chi connectivity index (χ1v) is 21.4. The summed E-state index contributed by atoms with van der Waals surface area (Å²) in [6.07, 6.45) is 9.52. The van der Waals surface area contributed by atoms with Crippen molar-refractivity contribution in [3.8, 4) is 44.5 Å². The molecule has 0 N–H and O–H groups in total. The number of rotatable bonds is 5. The topological polar surface area (TPSA) is 3.24 Å². The van der Waals surface area contributed by atoms with Crippen molar-refractivity contribution in [3.63, 3.8) is 0 Å². The quantitative estimate of drug-likeness (QED) is 0.169. The number of hydrogen-bond donors (Lipinski definition) is 0. The molecule has 0 fully saturated rings. The predicted octanol–water partition coefficient (Wildman–Crippen LogP) is 15.3. The molecular weight excluding hydrogens is 723 g/mol. The molecule has 8 aromatic rings. The summed E-state index contributed by atoms with van der Waals surface area (Å²) in [6, 6.07) is 68.6. The van der Waals surface area contributed by atoms with E-state index in [2.05, 4.69) is 232 Å². The van der Waals surface area contributed by atoms with Crippen LogP contribution < -0.4 is 4.90 Å². The third kappa shape index (κ3) is 4.81. The zero-order chi connectivity index (χ0) is 40.2. The van der Waals surface area contributed by atoms with Gasteiger partial charge in [-0.05, 0) is 116 Å². The van der Waals surface area contributed by atoms with Crippen molar-refractivity contribution in [1.82, 2.24) is 0 Å². The minimum Gasteiger partial charge on any atom is -0.310 e. The average molecular weight is 768 g/mol. The van der Waals surface area contributed by atoms with Crippen molar-refractivity contribution in [1.29, 1.82) is 0 Å². The molecule has 60 heavy (non-hydrogen) atoms. The van der Waals surface area contributed by atoms with E-state index in [1.165, 1.54) is 89.1 Å². The summed E-state index contributed by atoms with van der Waals surface area (Å²) in [5.41, 5.74) is 23.1. The fraction of sp³-hybridized carbons (Fsp3) is 0.119. The standard InChI is InChI=1S/C59H45N/c1-38-28-35-56(60(41-31-29-40(30-32-41)39-16-5-4-6-17-39)42-33-34-46-43-18-7-11-23-50(43)58(2,3)55(46)37-42)49(36-38)47-22-15-27-54-57(47)48-21-10-14-26-53(48)59(54)51-24-12-8-19-44(51)45-20-9-13-25-52(45)59/h4-37,48,53H,1-3H3. The van der Waals surface area contributed by atoms with E-state index in [4.69, 9.17) is 0 Å². The van der Waals surface area contributed by atoms with Gasteiger partial charge in [-0.3, -0.25) is 0 Å². The second-order valence-corrected chi connectivity index (χ2v) is 17.7. The van der Waals surface area contributed by atoms with Gasteiger partial charge in [0.2, 0.25) is 0 Å². The van der Waals surface area contributed by atoms with Gasteiger partial charge in [-0.1, -0.05) is 189 Å². The normalized spacial score (nSPS) is 17.7. The van der Waals surface area contributed by atoms with E-state index in [9.17, 15) is 0 Å². The number of anilines is 3. The maximum Gasteiger partial charge on any atom is 0.0540 e. The van der Waals surface area contributed by atoms with Crippen LogP contribution in [0.5, 0.6) is 0 Å². The molecule has 12 rings (SSSR count). The lowest BCUT2D eigenvalue weighted by molar-refractivity contribution is 0.465. The zero-order valence-corrected chi connectivity index (χ0v) is 34.2. The Hall–Kier alpha value is -6.96. The molecule has 0 saturated carbocycles. The number of allylic oxidation sites excluding steroid dienone is 4. The molecule has 4 aliphatic rings. The van der Waals surface area contributed by atoms with E-state index >= 15 is 0 Å². The highest BCUT2D eigenvalue weighted by atomic mass is 15.1. The molecule has 0 radical (unpaired) electrons. The Morgan fingerprint density at radius 3 is 1.72 bits per heavy atom. The molecule has 4 aliphatic carbocycles. The van der Waals surface area contributed by atoms with Gasteiger partial charge in [0.15, 0.2) is 0 Å². The molecule has 0 aliphatic heterocycles. The molecule has 1 nitrogen and oxygen atoms in total. The van der Waals surface area contributed by atoms with Crippen molar-refractivity contribution in [2.75, 3.05) is 4.90 Å². The maximum absolute atomic E-state index is 2.52. The molecule has 0 aromatic heterocycles. The second kappa shape index (κ2) is 13.0. The number of aryl methyl sites for hydroxylation is 1. The minimum atomic E-state index is -0.290. The third-order valence-corrected chi connectivity index (χ3v) is 14.2. The number of hydrogen-bond acceptors (Lipinski definition) is 1. The van der Waals surface area contributed by atoms with Crippen molar-refractivity contribution in [2.45, 2.75) is 37.5 Å². The maximum atomic E-state index is 2.52. The summed E-state index contributed by atoms with van der Waals surface area (Å²) < 4.78 is 0. The van der Waals surface area contributed by atoms with Gasteiger partial charge in [0, 0.05) is 34.2 Å². The fourth-order valence-corrected chi connectivity index (χ4v) is 11.7. The molecule has 2 atom stereocenters. The Balaban J connectivity index is 1.10. The van der Waals surface area contributed by atoms with Gasteiger partial charge in [-0.25, -0.2) is 0 Å². The second-order valence-electron chi connectivity index (χ2n) is 17.7. The molecule has 0 saturated heterocycles. The molecule has 0 amide bonds. The summed E-state index contributed by atoms with van der Waals surface area (Å²) in [5.74, 6) is 0.464. The Kier molecular flexibility index (Phi) is 7.60. The summed E-state index contributed by atoms with van der Waals surface area (Å²) in [6.45, 7) is 6.99. The smallest absolute Gasteiger partial charge is 0.0540 e. The van der Waals surface area contributed by atoms with Gasteiger partial charge < -0.3 is 4.90 Å². The van der Waals surface area contributed by atoms with E-state index < -0.39 is 0 Å². The molecule has 2 unspecified atom stereocenters. The van der Waals surface area contributed by atoms with Crippen LogP contribution in [-0.4, -0.2) is 0 Å². The first-order valence-electron chi connectivity index (χ1n) is 21.4. The molecule has 1 heteroatoms. The fourth-order valence-electron chi connectivity index (χ4n) is 11.7. The van der Waals surface area contributed by atoms with Crippen LogP contribution in [0.15, 0.2) is 206 Å². The van der Waals surface area contributed by atoms with E-state index in [0.717, 1.165) is 11.4 Å².